The van der Waals surface area contributed by atoms with Crippen LogP contribution in [0, 0.1) is 12.8 Å². The fourth-order valence-corrected chi connectivity index (χ4v) is 3.31. The van der Waals surface area contributed by atoms with E-state index in [0.29, 0.717) is 17.6 Å². The standard InChI is InChI=1S/C21H30N4O2/c1-4-17(3)21(26)25-14-12-24(13-15-25)11-5-6-19-22-20(23-27-19)18-9-7-16(2)8-10-18/h7-10,17H,4-6,11-15H2,1-3H3. The molecule has 6 nitrogen and oxygen atoms in total. The molecule has 0 bridgehead atoms. The first-order chi connectivity index (χ1) is 13.1. The zero-order chi connectivity index (χ0) is 19.2. The summed E-state index contributed by atoms with van der Waals surface area (Å²) >= 11 is 0. The highest BCUT2D eigenvalue weighted by Gasteiger charge is 2.23. The monoisotopic (exact) mass is 370 g/mol. The molecule has 3 rings (SSSR count). The number of hydrogen-bond donors (Lipinski definition) is 0. The maximum absolute atomic E-state index is 12.3. The van der Waals surface area contributed by atoms with Gasteiger partial charge in [0.25, 0.3) is 0 Å². The molecule has 1 aromatic carbocycles. The predicted molar refractivity (Wildman–Crippen MR) is 105 cm³/mol. The zero-order valence-corrected chi connectivity index (χ0v) is 16.6. The van der Waals surface area contributed by atoms with Crippen molar-refractivity contribution in [2.24, 2.45) is 5.92 Å². The number of carbonyl (C=O) groups is 1. The fourth-order valence-electron chi connectivity index (χ4n) is 3.31. The number of benzene rings is 1. The summed E-state index contributed by atoms with van der Waals surface area (Å²) in [5, 5.41) is 4.09. The SMILES string of the molecule is CCC(C)C(=O)N1CCN(CCCc2nc(-c3ccc(C)cc3)no2)CC1. The fraction of sp³-hybridized carbons (Fsp3) is 0.571. The van der Waals surface area contributed by atoms with Crippen LogP contribution in [0.15, 0.2) is 28.8 Å². The molecule has 1 saturated heterocycles. The van der Waals surface area contributed by atoms with Crippen molar-refractivity contribution in [2.75, 3.05) is 32.7 Å². The van der Waals surface area contributed by atoms with Crippen LogP contribution in [0.25, 0.3) is 11.4 Å². The molecule has 146 valence electrons. The van der Waals surface area contributed by atoms with Gasteiger partial charge in [-0.05, 0) is 26.3 Å². The minimum Gasteiger partial charge on any atom is -0.340 e. The molecule has 1 atom stereocenters. The molecule has 0 saturated carbocycles. The Bertz CT molecular complexity index is 733. The number of piperazine rings is 1. The summed E-state index contributed by atoms with van der Waals surface area (Å²) in [5.41, 5.74) is 2.20. The van der Waals surface area contributed by atoms with Crippen molar-refractivity contribution in [3.05, 3.63) is 35.7 Å². The number of aryl methyl sites for hydroxylation is 2. The van der Waals surface area contributed by atoms with Crippen molar-refractivity contribution in [3.8, 4) is 11.4 Å². The summed E-state index contributed by atoms with van der Waals surface area (Å²) in [4.78, 5) is 21.2. The Morgan fingerprint density at radius 1 is 1.19 bits per heavy atom. The normalized spacial score (nSPS) is 16.5. The van der Waals surface area contributed by atoms with E-state index in [-0.39, 0.29) is 5.92 Å². The van der Waals surface area contributed by atoms with E-state index >= 15 is 0 Å². The highest BCUT2D eigenvalue weighted by molar-refractivity contribution is 5.78. The summed E-state index contributed by atoms with van der Waals surface area (Å²) in [7, 11) is 0. The number of amides is 1. The second-order valence-electron chi connectivity index (χ2n) is 7.46. The van der Waals surface area contributed by atoms with Gasteiger partial charge in [0, 0.05) is 44.1 Å². The first-order valence-corrected chi connectivity index (χ1v) is 9.97. The van der Waals surface area contributed by atoms with E-state index in [1.807, 2.05) is 24.0 Å². The van der Waals surface area contributed by atoms with Gasteiger partial charge in [-0.3, -0.25) is 9.69 Å². The Balaban J connectivity index is 1.41. The van der Waals surface area contributed by atoms with Crippen LogP contribution < -0.4 is 0 Å². The van der Waals surface area contributed by atoms with E-state index in [0.717, 1.165) is 57.5 Å². The molecular formula is C21H30N4O2. The van der Waals surface area contributed by atoms with Crippen molar-refractivity contribution in [1.29, 1.82) is 0 Å². The van der Waals surface area contributed by atoms with Crippen LogP contribution in [0.3, 0.4) is 0 Å². The van der Waals surface area contributed by atoms with Crippen LogP contribution in [0.4, 0.5) is 0 Å². The Kier molecular flexibility index (Phi) is 6.61. The number of aromatic nitrogens is 2. The van der Waals surface area contributed by atoms with Crippen LogP contribution in [0.5, 0.6) is 0 Å². The minimum absolute atomic E-state index is 0.136. The Hall–Kier alpha value is -2.21. The average Bonchev–Trinajstić information content (AvgIpc) is 3.17. The lowest BCUT2D eigenvalue weighted by Gasteiger charge is -2.35. The van der Waals surface area contributed by atoms with Crippen molar-refractivity contribution in [3.63, 3.8) is 0 Å². The molecular weight excluding hydrogens is 340 g/mol. The van der Waals surface area contributed by atoms with Crippen molar-refractivity contribution < 1.29 is 9.32 Å². The van der Waals surface area contributed by atoms with Gasteiger partial charge < -0.3 is 9.42 Å². The topological polar surface area (TPSA) is 62.5 Å². The maximum atomic E-state index is 12.3. The maximum Gasteiger partial charge on any atom is 0.227 e. The molecule has 1 fully saturated rings. The molecule has 27 heavy (non-hydrogen) atoms. The van der Waals surface area contributed by atoms with Gasteiger partial charge in [0.15, 0.2) is 0 Å². The number of nitrogens with zero attached hydrogens (tertiary/aromatic N) is 4. The molecule has 0 radical (unpaired) electrons. The van der Waals surface area contributed by atoms with Gasteiger partial charge in [0.2, 0.25) is 17.6 Å². The smallest absolute Gasteiger partial charge is 0.227 e. The predicted octanol–water partition coefficient (Wildman–Crippen LogP) is 3.17. The molecule has 6 heteroatoms. The van der Waals surface area contributed by atoms with Gasteiger partial charge in [-0.15, -0.1) is 0 Å². The summed E-state index contributed by atoms with van der Waals surface area (Å²) in [6, 6.07) is 8.14. The second kappa shape index (κ2) is 9.13. The van der Waals surface area contributed by atoms with Crippen LogP contribution in [-0.2, 0) is 11.2 Å². The Morgan fingerprint density at radius 3 is 2.56 bits per heavy atom. The zero-order valence-electron chi connectivity index (χ0n) is 16.6. The molecule has 1 aromatic heterocycles. The average molecular weight is 370 g/mol. The largest absolute Gasteiger partial charge is 0.340 e. The van der Waals surface area contributed by atoms with Crippen LogP contribution in [-0.4, -0.2) is 58.6 Å². The van der Waals surface area contributed by atoms with E-state index in [4.69, 9.17) is 4.52 Å². The first kappa shape index (κ1) is 19.5. The third-order valence-electron chi connectivity index (χ3n) is 5.36. The summed E-state index contributed by atoms with van der Waals surface area (Å²) < 4.78 is 5.39. The van der Waals surface area contributed by atoms with E-state index in [1.165, 1.54) is 5.56 Å². The highest BCUT2D eigenvalue weighted by Crippen LogP contribution is 2.17. The highest BCUT2D eigenvalue weighted by atomic mass is 16.5. The Morgan fingerprint density at radius 2 is 1.89 bits per heavy atom. The quantitative estimate of drug-likeness (QED) is 0.749. The van der Waals surface area contributed by atoms with Gasteiger partial charge in [0.1, 0.15) is 0 Å². The number of carbonyl (C=O) groups excluding carboxylic acids is 1. The van der Waals surface area contributed by atoms with Crippen LogP contribution in [0.2, 0.25) is 0 Å². The first-order valence-electron chi connectivity index (χ1n) is 9.97. The van der Waals surface area contributed by atoms with Gasteiger partial charge in [-0.2, -0.15) is 4.98 Å². The van der Waals surface area contributed by atoms with E-state index in [1.54, 1.807) is 0 Å². The Labute approximate surface area is 161 Å². The lowest BCUT2D eigenvalue weighted by atomic mass is 10.1. The van der Waals surface area contributed by atoms with Gasteiger partial charge >= 0.3 is 0 Å². The van der Waals surface area contributed by atoms with E-state index < -0.39 is 0 Å². The molecule has 1 amide bonds. The molecule has 1 aliphatic rings. The second-order valence-corrected chi connectivity index (χ2v) is 7.46. The molecule has 1 aliphatic heterocycles. The van der Waals surface area contributed by atoms with Crippen LogP contribution >= 0.6 is 0 Å². The van der Waals surface area contributed by atoms with Gasteiger partial charge in [-0.25, -0.2) is 0 Å². The minimum atomic E-state index is 0.136. The number of hydrogen-bond acceptors (Lipinski definition) is 5. The molecule has 1 unspecified atom stereocenters. The van der Waals surface area contributed by atoms with Gasteiger partial charge in [-0.1, -0.05) is 48.8 Å². The molecule has 0 N–H and O–H groups in total. The van der Waals surface area contributed by atoms with Crippen molar-refractivity contribution in [1.82, 2.24) is 19.9 Å². The van der Waals surface area contributed by atoms with Crippen molar-refractivity contribution >= 4 is 5.91 Å². The molecule has 2 aromatic rings. The summed E-state index contributed by atoms with van der Waals surface area (Å²) in [6.45, 7) is 10.7. The number of rotatable bonds is 7. The summed E-state index contributed by atoms with van der Waals surface area (Å²) in [5.74, 6) is 1.78. The molecule has 0 aliphatic carbocycles. The molecule has 2 heterocycles. The summed E-state index contributed by atoms with van der Waals surface area (Å²) in [6.07, 6.45) is 2.67. The third kappa shape index (κ3) is 5.16. The van der Waals surface area contributed by atoms with Crippen molar-refractivity contribution in [2.45, 2.75) is 40.0 Å². The van der Waals surface area contributed by atoms with E-state index in [2.05, 4.69) is 41.0 Å². The van der Waals surface area contributed by atoms with Crippen LogP contribution in [0.1, 0.15) is 38.1 Å². The lowest BCUT2D eigenvalue weighted by molar-refractivity contribution is -0.136. The molecule has 0 spiro atoms. The van der Waals surface area contributed by atoms with Gasteiger partial charge in [0.05, 0.1) is 0 Å². The lowest BCUT2D eigenvalue weighted by Crippen LogP contribution is -2.50. The van der Waals surface area contributed by atoms with E-state index in [9.17, 15) is 4.79 Å². The third-order valence-corrected chi connectivity index (χ3v) is 5.36.